The third-order valence-electron chi connectivity index (χ3n) is 4.69. The molecule has 31 heavy (non-hydrogen) atoms. The number of benzene rings is 2. The van der Waals surface area contributed by atoms with Gasteiger partial charge in [-0.2, -0.15) is 0 Å². The van der Waals surface area contributed by atoms with Crippen LogP contribution in [0.2, 0.25) is 0 Å². The van der Waals surface area contributed by atoms with Crippen molar-refractivity contribution in [2.45, 2.75) is 12.8 Å². The van der Waals surface area contributed by atoms with Crippen molar-refractivity contribution in [1.82, 2.24) is 4.57 Å². The fraction of sp³-hybridized carbons (Fsp3) is 0.143. The molecule has 2 heterocycles. The van der Waals surface area contributed by atoms with E-state index in [2.05, 4.69) is 9.47 Å². The highest BCUT2D eigenvalue weighted by molar-refractivity contribution is 5.97. The van der Waals surface area contributed by atoms with Gasteiger partial charge >= 0.3 is 18.3 Å². The first-order valence-electron chi connectivity index (χ1n) is 8.88. The number of rotatable bonds is 5. The van der Waals surface area contributed by atoms with Crippen molar-refractivity contribution in [3.63, 3.8) is 0 Å². The molecule has 4 rings (SSSR count). The highest BCUT2D eigenvalue weighted by Gasteiger charge is 2.31. The molecular formula is C21H14F3NO6. The summed E-state index contributed by atoms with van der Waals surface area (Å²) in [6, 6.07) is 9.67. The highest BCUT2D eigenvalue weighted by atomic mass is 19.4. The van der Waals surface area contributed by atoms with E-state index in [0.29, 0.717) is 27.6 Å². The third-order valence-corrected chi connectivity index (χ3v) is 4.69. The Bertz CT molecular complexity index is 1320. The molecule has 0 bridgehead atoms. The highest BCUT2D eigenvalue weighted by Crippen LogP contribution is 2.32. The Kier molecular flexibility index (Phi) is 4.84. The number of esters is 1. The smallest absolute Gasteiger partial charge is 0.477 e. The van der Waals surface area contributed by atoms with Crippen LogP contribution in [-0.4, -0.2) is 35.1 Å². The molecule has 0 spiro atoms. The number of hydrogen-bond donors (Lipinski definition) is 1. The third kappa shape index (κ3) is 3.91. The fourth-order valence-corrected chi connectivity index (χ4v) is 3.39. The summed E-state index contributed by atoms with van der Waals surface area (Å²) in [4.78, 5) is 23.5. The van der Waals surface area contributed by atoms with Crippen LogP contribution in [0, 0.1) is 0 Å². The van der Waals surface area contributed by atoms with Gasteiger partial charge in [-0.3, -0.25) is 4.79 Å². The number of hydrogen-bond acceptors (Lipinski definition) is 5. The molecule has 0 saturated carbocycles. The van der Waals surface area contributed by atoms with E-state index in [1.165, 1.54) is 30.1 Å². The molecule has 0 radical (unpaired) electrons. The van der Waals surface area contributed by atoms with Gasteiger partial charge in [0.2, 0.25) is 0 Å². The zero-order valence-corrected chi connectivity index (χ0v) is 15.9. The zero-order valence-electron chi connectivity index (χ0n) is 15.9. The van der Waals surface area contributed by atoms with E-state index in [1.807, 2.05) is 0 Å². The number of aromatic carboxylic acids is 1. The van der Waals surface area contributed by atoms with E-state index < -0.39 is 24.1 Å². The van der Waals surface area contributed by atoms with Gasteiger partial charge < -0.3 is 23.6 Å². The van der Waals surface area contributed by atoms with Crippen molar-refractivity contribution in [1.29, 1.82) is 0 Å². The Hall–Kier alpha value is -3.95. The number of carbonyl (C=O) groups excluding carboxylic acids is 1. The van der Waals surface area contributed by atoms with Crippen LogP contribution in [0.5, 0.6) is 5.75 Å². The fourth-order valence-electron chi connectivity index (χ4n) is 3.39. The summed E-state index contributed by atoms with van der Waals surface area (Å²) in [5.74, 6) is -2.23. The molecule has 2 aromatic carbocycles. The van der Waals surface area contributed by atoms with E-state index in [1.54, 1.807) is 18.2 Å². The summed E-state index contributed by atoms with van der Waals surface area (Å²) in [5.41, 5.74) is 1.39. The minimum Gasteiger partial charge on any atom is -0.477 e. The molecule has 0 aliphatic carbocycles. The molecule has 0 saturated heterocycles. The van der Waals surface area contributed by atoms with Crippen LogP contribution in [0.3, 0.4) is 0 Å². The minimum absolute atomic E-state index is 0.0608. The monoisotopic (exact) mass is 433 g/mol. The van der Waals surface area contributed by atoms with Crippen LogP contribution in [0.4, 0.5) is 13.2 Å². The van der Waals surface area contributed by atoms with Gasteiger partial charge in [0, 0.05) is 28.1 Å². The van der Waals surface area contributed by atoms with Crippen molar-refractivity contribution >= 4 is 33.8 Å². The van der Waals surface area contributed by atoms with Crippen LogP contribution >= 0.6 is 0 Å². The normalized spacial score (nSPS) is 11.7. The van der Waals surface area contributed by atoms with Gasteiger partial charge in [-0.05, 0) is 36.4 Å². The zero-order chi connectivity index (χ0) is 22.3. The van der Waals surface area contributed by atoms with Crippen LogP contribution < -0.4 is 4.74 Å². The van der Waals surface area contributed by atoms with Gasteiger partial charge in [-0.15, -0.1) is 13.2 Å². The number of fused-ring (bicyclic) bond motifs is 2. The number of methoxy groups -OCH3 is 1. The molecule has 0 aliphatic rings. The van der Waals surface area contributed by atoms with Crippen LogP contribution in [0.25, 0.3) is 27.6 Å². The van der Waals surface area contributed by atoms with E-state index in [0.717, 1.165) is 12.1 Å². The van der Waals surface area contributed by atoms with Gasteiger partial charge in [0.05, 0.1) is 25.3 Å². The number of aromatic nitrogens is 1. The minimum atomic E-state index is -4.89. The Morgan fingerprint density at radius 2 is 1.90 bits per heavy atom. The largest absolute Gasteiger partial charge is 0.573 e. The molecular weight excluding hydrogens is 419 g/mol. The number of ether oxygens (including phenoxy) is 2. The Labute approximate surface area is 172 Å². The van der Waals surface area contributed by atoms with E-state index in [9.17, 15) is 27.9 Å². The van der Waals surface area contributed by atoms with Crippen molar-refractivity contribution in [3.05, 3.63) is 60.0 Å². The van der Waals surface area contributed by atoms with E-state index in [-0.39, 0.29) is 17.6 Å². The van der Waals surface area contributed by atoms with Gasteiger partial charge in [0.25, 0.3) is 0 Å². The Balaban J connectivity index is 1.91. The van der Waals surface area contributed by atoms with Crippen molar-refractivity contribution < 1.29 is 41.8 Å². The Morgan fingerprint density at radius 3 is 2.58 bits per heavy atom. The first kappa shape index (κ1) is 20.3. The predicted octanol–water partition coefficient (Wildman–Crippen LogP) is 4.69. The number of carbonyl (C=O) groups is 2. The molecule has 160 valence electrons. The standard InChI is InChI=1S/C21H14F3NO6/c1-29-19(26)7-12-10-30-18-5-3-13(8-15(12)18)25-16-9-14(31-21(22,23)24)4-2-11(16)6-17(25)20(27)28/h2-6,8-10H,7H2,1H3,(H,27,28). The lowest BCUT2D eigenvalue weighted by molar-refractivity contribution is -0.274. The summed E-state index contributed by atoms with van der Waals surface area (Å²) in [6.45, 7) is 0. The number of carboxylic acids is 1. The molecule has 2 aromatic heterocycles. The summed E-state index contributed by atoms with van der Waals surface area (Å²) in [6.07, 6.45) is -3.56. The Morgan fingerprint density at radius 1 is 1.13 bits per heavy atom. The first-order valence-corrected chi connectivity index (χ1v) is 8.88. The van der Waals surface area contributed by atoms with Gasteiger partial charge in [-0.25, -0.2) is 4.79 Å². The SMILES string of the molecule is COC(=O)Cc1coc2ccc(-n3c(C(=O)O)cc4ccc(OC(F)(F)F)cc43)cc12. The average molecular weight is 433 g/mol. The van der Waals surface area contributed by atoms with Crippen molar-refractivity contribution in [3.8, 4) is 11.4 Å². The molecule has 0 amide bonds. The maximum absolute atomic E-state index is 12.6. The van der Waals surface area contributed by atoms with E-state index in [4.69, 9.17) is 4.42 Å². The lowest BCUT2D eigenvalue weighted by Gasteiger charge is -2.12. The number of alkyl halides is 3. The van der Waals surface area contributed by atoms with Crippen LogP contribution in [0.1, 0.15) is 16.1 Å². The first-order chi connectivity index (χ1) is 14.7. The van der Waals surface area contributed by atoms with Gasteiger partial charge in [0.15, 0.2) is 0 Å². The average Bonchev–Trinajstić information content (AvgIpc) is 3.27. The summed E-state index contributed by atoms with van der Waals surface area (Å²) in [5, 5.41) is 10.6. The van der Waals surface area contributed by atoms with Crippen molar-refractivity contribution in [2.24, 2.45) is 0 Å². The molecule has 1 N–H and O–H groups in total. The van der Waals surface area contributed by atoms with Crippen LogP contribution in [0.15, 0.2) is 53.1 Å². The molecule has 0 fully saturated rings. The molecule has 7 nitrogen and oxygen atoms in total. The van der Waals surface area contributed by atoms with Crippen molar-refractivity contribution in [2.75, 3.05) is 7.11 Å². The maximum atomic E-state index is 12.6. The summed E-state index contributed by atoms with van der Waals surface area (Å²) >= 11 is 0. The number of carboxylic acid groups (broad SMARTS) is 1. The molecule has 10 heteroatoms. The second kappa shape index (κ2) is 7.38. The molecule has 0 unspecified atom stereocenters. The number of halogens is 3. The molecule has 4 aromatic rings. The second-order valence-electron chi connectivity index (χ2n) is 6.63. The lowest BCUT2D eigenvalue weighted by Crippen LogP contribution is -2.17. The van der Waals surface area contributed by atoms with Gasteiger partial charge in [0.1, 0.15) is 17.0 Å². The topological polar surface area (TPSA) is 90.9 Å². The van der Waals surface area contributed by atoms with Gasteiger partial charge in [-0.1, -0.05) is 0 Å². The molecule has 0 aliphatic heterocycles. The predicted molar refractivity (Wildman–Crippen MR) is 102 cm³/mol. The van der Waals surface area contributed by atoms with Crippen LogP contribution in [-0.2, 0) is 16.0 Å². The quantitative estimate of drug-likeness (QED) is 0.459. The second-order valence-corrected chi connectivity index (χ2v) is 6.63. The number of nitrogens with zero attached hydrogens (tertiary/aromatic N) is 1. The summed E-state index contributed by atoms with van der Waals surface area (Å²) < 4.78 is 53.3. The summed E-state index contributed by atoms with van der Waals surface area (Å²) in [7, 11) is 1.25. The van der Waals surface area contributed by atoms with E-state index >= 15 is 0 Å². The number of furan rings is 1. The maximum Gasteiger partial charge on any atom is 0.573 e. The lowest BCUT2D eigenvalue weighted by atomic mass is 10.1. The molecule has 0 atom stereocenters.